The fourth-order valence-corrected chi connectivity index (χ4v) is 2.92. The van der Waals surface area contributed by atoms with Gasteiger partial charge in [-0.05, 0) is 44.9 Å². The number of fused-ring (bicyclic) bond motifs is 1. The minimum absolute atomic E-state index is 0.333. The van der Waals surface area contributed by atoms with E-state index in [1.54, 1.807) is 0 Å². The van der Waals surface area contributed by atoms with E-state index in [4.69, 9.17) is 5.73 Å². The van der Waals surface area contributed by atoms with Gasteiger partial charge in [-0.2, -0.15) is 0 Å². The molecule has 2 unspecified atom stereocenters. The molecule has 88 valence electrons. The van der Waals surface area contributed by atoms with E-state index >= 15 is 0 Å². The Bertz CT molecular complexity index is 377. The second-order valence-corrected chi connectivity index (χ2v) is 5.61. The number of nitrogens with zero attached hydrogens (tertiary/aromatic N) is 2. The zero-order valence-corrected chi connectivity index (χ0v) is 10.0. The second kappa shape index (κ2) is 3.88. The molecule has 0 radical (unpaired) electrons. The Hall–Kier alpha value is -0.830. The smallest absolute Gasteiger partial charge is 0.111 e. The van der Waals surface area contributed by atoms with Crippen LogP contribution >= 0.6 is 0 Å². The van der Waals surface area contributed by atoms with Crippen molar-refractivity contribution in [1.29, 1.82) is 0 Å². The van der Waals surface area contributed by atoms with Crippen LogP contribution in [0.1, 0.15) is 50.0 Å². The molecule has 1 aliphatic heterocycles. The minimum Gasteiger partial charge on any atom is -0.332 e. The summed E-state index contributed by atoms with van der Waals surface area (Å²) in [7, 11) is 0. The van der Waals surface area contributed by atoms with Crippen molar-refractivity contribution < 1.29 is 0 Å². The number of hydrogen-bond donors (Lipinski definition) is 1. The third kappa shape index (κ3) is 1.88. The molecule has 3 rings (SSSR count). The fourth-order valence-electron chi connectivity index (χ4n) is 2.92. The molecular formula is C13H21N3. The van der Waals surface area contributed by atoms with Crippen LogP contribution in [-0.2, 0) is 13.0 Å². The first kappa shape index (κ1) is 10.3. The van der Waals surface area contributed by atoms with Crippen LogP contribution in [-0.4, -0.2) is 15.6 Å². The molecule has 0 amide bonds. The predicted molar refractivity (Wildman–Crippen MR) is 64.3 cm³/mol. The molecule has 0 saturated heterocycles. The molecular weight excluding hydrogens is 198 g/mol. The minimum atomic E-state index is 0.333. The number of rotatable bonds is 3. The van der Waals surface area contributed by atoms with Crippen molar-refractivity contribution in [2.24, 2.45) is 11.7 Å². The molecule has 1 saturated carbocycles. The van der Waals surface area contributed by atoms with Crippen molar-refractivity contribution >= 4 is 0 Å². The van der Waals surface area contributed by atoms with Crippen LogP contribution in [0.25, 0.3) is 0 Å². The molecule has 0 spiro atoms. The number of aromatic nitrogens is 2. The molecule has 2 aliphatic rings. The molecule has 2 N–H and O–H groups in total. The summed E-state index contributed by atoms with van der Waals surface area (Å²) >= 11 is 0. The summed E-state index contributed by atoms with van der Waals surface area (Å²) in [5.41, 5.74) is 7.35. The molecule has 0 aromatic carbocycles. The number of aryl methyl sites for hydroxylation is 1. The first-order chi connectivity index (χ1) is 7.74. The van der Waals surface area contributed by atoms with E-state index in [2.05, 4.69) is 22.7 Å². The normalized spacial score (nSPS) is 26.5. The highest BCUT2D eigenvalue weighted by Gasteiger charge is 2.31. The number of nitrogens with two attached hydrogens (primary N) is 1. The molecule has 16 heavy (non-hydrogen) atoms. The molecule has 1 aromatic heterocycles. The van der Waals surface area contributed by atoms with Gasteiger partial charge in [-0.25, -0.2) is 4.98 Å². The van der Waals surface area contributed by atoms with Crippen LogP contribution in [0.3, 0.4) is 0 Å². The maximum absolute atomic E-state index is 5.90. The fraction of sp³-hybridized carbons (Fsp3) is 0.769. The van der Waals surface area contributed by atoms with E-state index in [1.165, 1.54) is 37.2 Å². The Balaban J connectivity index is 1.78. The SMILES string of the molecule is CC(N)CC1CCc2cnc(C3CC3)n2C1. The predicted octanol–water partition coefficient (Wildman–Crippen LogP) is 2.06. The van der Waals surface area contributed by atoms with Gasteiger partial charge in [0.15, 0.2) is 0 Å². The molecule has 1 fully saturated rings. The summed E-state index contributed by atoms with van der Waals surface area (Å²) in [6.45, 7) is 3.27. The molecule has 3 nitrogen and oxygen atoms in total. The van der Waals surface area contributed by atoms with E-state index < -0.39 is 0 Å². The lowest BCUT2D eigenvalue weighted by Gasteiger charge is -2.26. The Morgan fingerprint density at radius 1 is 1.50 bits per heavy atom. The highest BCUT2D eigenvalue weighted by molar-refractivity contribution is 5.15. The van der Waals surface area contributed by atoms with Gasteiger partial charge in [-0.3, -0.25) is 0 Å². The van der Waals surface area contributed by atoms with Gasteiger partial charge < -0.3 is 10.3 Å². The van der Waals surface area contributed by atoms with Crippen LogP contribution in [0.5, 0.6) is 0 Å². The monoisotopic (exact) mass is 219 g/mol. The maximum Gasteiger partial charge on any atom is 0.111 e. The van der Waals surface area contributed by atoms with Gasteiger partial charge in [0.2, 0.25) is 0 Å². The zero-order valence-electron chi connectivity index (χ0n) is 10.0. The van der Waals surface area contributed by atoms with E-state index in [1.807, 2.05) is 0 Å². The first-order valence-electron chi connectivity index (χ1n) is 6.54. The molecule has 1 aliphatic carbocycles. The summed E-state index contributed by atoms with van der Waals surface area (Å²) in [6.07, 6.45) is 8.41. The third-order valence-electron chi connectivity index (χ3n) is 3.87. The number of hydrogen-bond acceptors (Lipinski definition) is 2. The second-order valence-electron chi connectivity index (χ2n) is 5.61. The van der Waals surface area contributed by atoms with Gasteiger partial charge >= 0.3 is 0 Å². The van der Waals surface area contributed by atoms with Crippen LogP contribution in [0.15, 0.2) is 6.20 Å². The summed E-state index contributed by atoms with van der Waals surface area (Å²) in [5.74, 6) is 2.88. The average Bonchev–Trinajstić information content (AvgIpc) is 2.98. The van der Waals surface area contributed by atoms with Crippen molar-refractivity contribution in [3.05, 3.63) is 17.7 Å². The van der Waals surface area contributed by atoms with Crippen LogP contribution in [0.4, 0.5) is 0 Å². The topological polar surface area (TPSA) is 43.8 Å². The molecule has 0 bridgehead atoms. The largest absolute Gasteiger partial charge is 0.332 e. The summed E-state index contributed by atoms with van der Waals surface area (Å²) in [4.78, 5) is 4.61. The Labute approximate surface area is 97.0 Å². The lowest BCUT2D eigenvalue weighted by atomic mass is 9.92. The molecule has 2 heterocycles. The van der Waals surface area contributed by atoms with Gasteiger partial charge in [0.05, 0.1) is 0 Å². The third-order valence-corrected chi connectivity index (χ3v) is 3.87. The highest BCUT2D eigenvalue weighted by Crippen LogP contribution is 2.40. The lowest BCUT2D eigenvalue weighted by Crippen LogP contribution is -2.27. The van der Waals surface area contributed by atoms with E-state index in [-0.39, 0.29) is 0 Å². The Morgan fingerprint density at radius 3 is 3.00 bits per heavy atom. The van der Waals surface area contributed by atoms with Crippen molar-refractivity contribution in [1.82, 2.24) is 9.55 Å². The van der Waals surface area contributed by atoms with Crippen LogP contribution in [0, 0.1) is 5.92 Å². The quantitative estimate of drug-likeness (QED) is 0.845. The molecule has 2 atom stereocenters. The van der Waals surface area contributed by atoms with Gasteiger partial charge in [0.25, 0.3) is 0 Å². The van der Waals surface area contributed by atoms with Gasteiger partial charge in [-0.15, -0.1) is 0 Å². The zero-order chi connectivity index (χ0) is 11.1. The van der Waals surface area contributed by atoms with Crippen molar-refractivity contribution in [2.45, 2.75) is 57.5 Å². The average molecular weight is 219 g/mol. The number of imidazole rings is 1. The van der Waals surface area contributed by atoms with Crippen LogP contribution in [0.2, 0.25) is 0 Å². The Morgan fingerprint density at radius 2 is 2.31 bits per heavy atom. The molecule has 1 aromatic rings. The van der Waals surface area contributed by atoms with Crippen molar-refractivity contribution in [3.63, 3.8) is 0 Å². The van der Waals surface area contributed by atoms with Crippen LogP contribution < -0.4 is 5.73 Å². The first-order valence-corrected chi connectivity index (χ1v) is 6.54. The van der Waals surface area contributed by atoms with E-state index in [0.717, 1.165) is 24.8 Å². The standard InChI is InChI=1S/C13H21N3/c1-9(14)6-10-2-5-12-7-15-13(11-3-4-11)16(12)8-10/h7,9-11H,2-6,8,14H2,1H3. The van der Waals surface area contributed by atoms with Gasteiger partial charge in [0, 0.05) is 30.4 Å². The van der Waals surface area contributed by atoms with E-state index in [9.17, 15) is 0 Å². The maximum atomic E-state index is 5.90. The van der Waals surface area contributed by atoms with Gasteiger partial charge in [0.1, 0.15) is 5.82 Å². The van der Waals surface area contributed by atoms with Crippen molar-refractivity contribution in [3.8, 4) is 0 Å². The lowest BCUT2D eigenvalue weighted by molar-refractivity contribution is 0.326. The van der Waals surface area contributed by atoms with E-state index in [0.29, 0.717) is 6.04 Å². The van der Waals surface area contributed by atoms with Crippen molar-refractivity contribution in [2.75, 3.05) is 0 Å². The summed E-state index contributed by atoms with van der Waals surface area (Å²) < 4.78 is 2.48. The van der Waals surface area contributed by atoms with Gasteiger partial charge in [-0.1, -0.05) is 0 Å². The summed E-state index contributed by atoms with van der Waals surface area (Å²) in [6, 6.07) is 0.333. The molecule has 3 heteroatoms. The summed E-state index contributed by atoms with van der Waals surface area (Å²) in [5, 5.41) is 0. The Kier molecular flexibility index (Phi) is 2.51. The highest BCUT2D eigenvalue weighted by atomic mass is 15.1.